The van der Waals surface area contributed by atoms with Crippen LogP contribution in [-0.4, -0.2) is 0 Å². The van der Waals surface area contributed by atoms with Gasteiger partial charge in [0.15, 0.2) is 0 Å². The van der Waals surface area contributed by atoms with Crippen molar-refractivity contribution in [1.29, 1.82) is 0 Å². The Morgan fingerprint density at radius 1 is 0.349 bits per heavy atom. The maximum atomic E-state index is 7.05. The van der Waals surface area contributed by atoms with Crippen molar-refractivity contribution in [2.24, 2.45) is 0 Å². The Hall–Kier alpha value is -5.30. The van der Waals surface area contributed by atoms with Crippen molar-refractivity contribution in [3.8, 4) is 16.4 Å². The first-order valence-electron chi connectivity index (χ1n) is 14.5. The first-order chi connectivity index (χ1) is 21.3. The lowest BCUT2D eigenvalue weighted by Gasteiger charge is -2.14. The molecule has 0 bridgehead atoms. The van der Waals surface area contributed by atoms with Gasteiger partial charge in [-0.3, -0.25) is 0 Å². The molecule has 9 rings (SSSR count). The topological polar surface area (TPSA) is 26.3 Å². The Bertz CT molecular complexity index is 2470. The van der Waals surface area contributed by atoms with Crippen molar-refractivity contribution in [3.63, 3.8) is 0 Å². The van der Waals surface area contributed by atoms with Crippen LogP contribution in [-0.2, 0) is 0 Å². The van der Waals surface area contributed by atoms with Crippen LogP contribution in [0, 0.1) is 0 Å². The number of rotatable bonds is 2. The minimum Gasteiger partial charge on any atom is -0.416 e. The standard InChI is InChI=1S/C40H25O2P/c1-5-15-30-26(10-1)14-9-19-34(30)38-31-16-6-2-13-29(31)22-25-37(38)43-41-35-23-20-27-11-3-7-17-32(27)39(35)40-33-18-8-4-12-28(33)21-24-36(40)42-43/h1-25H. The quantitative estimate of drug-likeness (QED) is 0.207. The van der Waals surface area contributed by atoms with Gasteiger partial charge in [0.2, 0.25) is 0 Å². The van der Waals surface area contributed by atoms with Crippen molar-refractivity contribution in [2.45, 2.75) is 0 Å². The molecule has 8 aromatic carbocycles. The summed E-state index contributed by atoms with van der Waals surface area (Å²) in [5.41, 5.74) is 4.03. The molecule has 0 aliphatic heterocycles. The molecule has 0 saturated heterocycles. The molecule has 0 N–H and O–H groups in total. The van der Waals surface area contributed by atoms with Gasteiger partial charge >= 0.3 is 0 Å². The maximum Gasteiger partial charge on any atom is 0.253 e. The molecule has 43 heavy (non-hydrogen) atoms. The van der Waals surface area contributed by atoms with Crippen LogP contribution in [0.1, 0.15) is 0 Å². The van der Waals surface area contributed by atoms with E-state index in [0.29, 0.717) is 0 Å². The first-order valence-corrected chi connectivity index (χ1v) is 15.7. The molecule has 0 radical (unpaired) electrons. The van der Waals surface area contributed by atoms with Gasteiger partial charge in [0.1, 0.15) is 11.2 Å². The highest BCUT2D eigenvalue weighted by molar-refractivity contribution is 7.46. The van der Waals surface area contributed by atoms with E-state index in [1.165, 1.54) is 37.9 Å². The van der Waals surface area contributed by atoms with Crippen LogP contribution in [0.3, 0.4) is 0 Å². The molecule has 0 aliphatic carbocycles. The van der Waals surface area contributed by atoms with E-state index in [9.17, 15) is 0 Å². The largest absolute Gasteiger partial charge is 0.416 e. The molecule has 3 heteroatoms. The summed E-state index contributed by atoms with van der Waals surface area (Å²) in [6.07, 6.45) is 0. The summed E-state index contributed by atoms with van der Waals surface area (Å²) in [7, 11) is -1.55. The lowest BCUT2D eigenvalue weighted by atomic mass is 9.94. The molecule has 0 unspecified atom stereocenters. The zero-order chi connectivity index (χ0) is 28.3. The van der Waals surface area contributed by atoms with Gasteiger partial charge in [-0.15, -0.1) is 0 Å². The molecule has 0 spiro atoms. The fourth-order valence-electron chi connectivity index (χ4n) is 6.61. The van der Waals surface area contributed by atoms with Gasteiger partial charge in [-0.1, -0.05) is 133 Å². The van der Waals surface area contributed by atoms with Crippen LogP contribution in [0.15, 0.2) is 160 Å². The summed E-state index contributed by atoms with van der Waals surface area (Å²) in [6.45, 7) is 0. The number of fused-ring (bicyclic) bond motifs is 9. The van der Waals surface area contributed by atoms with Gasteiger partial charge in [0.05, 0.1) is 5.30 Å². The second kappa shape index (κ2) is 9.63. The molecule has 202 valence electrons. The van der Waals surface area contributed by atoms with Gasteiger partial charge in [-0.25, -0.2) is 0 Å². The number of hydrogen-bond donors (Lipinski definition) is 0. The van der Waals surface area contributed by atoms with E-state index in [-0.39, 0.29) is 0 Å². The van der Waals surface area contributed by atoms with Gasteiger partial charge in [-0.05, 0) is 66.9 Å². The van der Waals surface area contributed by atoms with E-state index in [1.54, 1.807) is 0 Å². The van der Waals surface area contributed by atoms with Crippen molar-refractivity contribution in [2.75, 3.05) is 0 Å². The van der Waals surface area contributed by atoms with E-state index in [1.807, 2.05) is 0 Å². The Kier molecular flexibility index (Phi) is 5.44. The molecule has 0 amide bonds. The van der Waals surface area contributed by atoms with Crippen LogP contribution in [0.2, 0.25) is 0 Å². The molecular weight excluding hydrogens is 543 g/mol. The van der Waals surface area contributed by atoms with Crippen molar-refractivity contribution < 1.29 is 8.39 Å². The molecule has 1 heterocycles. The summed E-state index contributed by atoms with van der Waals surface area (Å²) in [5.74, 6) is 0. The van der Waals surface area contributed by atoms with Gasteiger partial charge in [0.25, 0.3) is 8.01 Å². The first kappa shape index (κ1) is 24.3. The van der Waals surface area contributed by atoms with E-state index >= 15 is 0 Å². The smallest absolute Gasteiger partial charge is 0.253 e. The Morgan fingerprint density at radius 3 is 1.40 bits per heavy atom. The summed E-state index contributed by atoms with van der Waals surface area (Å²) >= 11 is 0. The normalized spacial score (nSPS) is 11.7. The average Bonchev–Trinajstić information content (AvgIpc) is 3.25. The van der Waals surface area contributed by atoms with Crippen molar-refractivity contribution in [3.05, 3.63) is 152 Å². The molecule has 0 saturated carbocycles. The zero-order valence-electron chi connectivity index (χ0n) is 23.2. The molecule has 9 aromatic rings. The fraction of sp³-hybridized carbons (Fsp3) is 0. The van der Waals surface area contributed by atoms with Crippen LogP contribution in [0.25, 0.3) is 81.5 Å². The summed E-state index contributed by atoms with van der Waals surface area (Å²) in [5, 5.41) is 12.7. The molecular formula is C40H25O2P. The Morgan fingerprint density at radius 2 is 0.791 bits per heavy atom. The summed E-state index contributed by atoms with van der Waals surface area (Å²) in [4.78, 5) is 0. The Labute approximate surface area is 249 Å². The van der Waals surface area contributed by atoms with E-state index in [0.717, 1.165) is 43.6 Å². The minimum atomic E-state index is -1.55. The number of hydrogen-bond acceptors (Lipinski definition) is 2. The maximum absolute atomic E-state index is 7.05. The predicted octanol–water partition coefficient (Wildman–Crippen LogP) is 12.6. The molecule has 2 nitrogen and oxygen atoms in total. The highest BCUT2D eigenvalue weighted by Gasteiger charge is 2.19. The lowest BCUT2D eigenvalue weighted by molar-refractivity contribution is 0.651. The van der Waals surface area contributed by atoms with Crippen LogP contribution in [0.5, 0.6) is 0 Å². The summed E-state index contributed by atoms with van der Waals surface area (Å²) < 4.78 is 14.1. The third kappa shape index (κ3) is 3.81. The second-order valence-electron chi connectivity index (χ2n) is 11.0. The molecule has 0 aliphatic rings. The number of benzene rings is 8. The third-order valence-corrected chi connectivity index (χ3v) is 10.0. The molecule has 0 atom stereocenters. The van der Waals surface area contributed by atoms with Crippen LogP contribution < -0.4 is 0 Å². The van der Waals surface area contributed by atoms with Crippen molar-refractivity contribution >= 4 is 73.0 Å². The molecule has 1 aromatic heterocycles. The Balaban J connectivity index is 1.49. The predicted molar refractivity (Wildman–Crippen MR) is 183 cm³/mol. The van der Waals surface area contributed by atoms with Gasteiger partial charge < -0.3 is 8.39 Å². The minimum absolute atomic E-state index is 0.844. The molecule has 0 fully saturated rings. The monoisotopic (exact) mass is 568 g/mol. The van der Waals surface area contributed by atoms with E-state index in [2.05, 4.69) is 152 Å². The average molecular weight is 569 g/mol. The van der Waals surface area contributed by atoms with Gasteiger partial charge in [0, 0.05) is 16.3 Å². The van der Waals surface area contributed by atoms with E-state index < -0.39 is 8.01 Å². The second-order valence-corrected chi connectivity index (χ2v) is 12.3. The lowest BCUT2D eigenvalue weighted by Crippen LogP contribution is -1.86. The summed E-state index contributed by atoms with van der Waals surface area (Å²) in [6, 6.07) is 53.8. The van der Waals surface area contributed by atoms with E-state index in [4.69, 9.17) is 8.39 Å². The van der Waals surface area contributed by atoms with Crippen molar-refractivity contribution in [1.82, 2.24) is 0 Å². The fourth-order valence-corrected chi connectivity index (χ4v) is 8.12. The van der Waals surface area contributed by atoms with Gasteiger partial charge in [-0.2, -0.15) is 0 Å². The highest BCUT2D eigenvalue weighted by Crippen LogP contribution is 2.51. The third-order valence-electron chi connectivity index (χ3n) is 8.56. The zero-order valence-corrected chi connectivity index (χ0v) is 24.1. The SMILES string of the molecule is c1ccc2c(-c3c(-p4oc5ccc6ccccc6c5c5c(ccc6ccccc65)o4)ccc4ccccc34)cccc2c1. The highest BCUT2D eigenvalue weighted by atomic mass is 31.1. The van der Waals surface area contributed by atoms with Crippen LogP contribution in [0.4, 0.5) is 0 Å². The van der Waals surface area contributed by atoms with Crippen LogP contribution >= 0.6 is 8.01 Å².